The van der Waals surface area contributed by atoms with Gasteiger partial charge in [-0.2, -0.15) is 0 Å². The molecule has 0 saturated heterocycles. The molecule has 0 aliphatic rings. The third-order valence-electron chi connectivity index (χ3n) is 3.07. The van der Waals surface area contributed by atoms with Crippen LogP contribution in [0.2, 0.25) is 5.02 Å². The molecule has 2 rings (SSSR count). The van der Waals surface area contributed by atoms with Crippen molar-refractivity contribution in [2.24, 2.45) is 0 Å². The Balaban J connectivity index is 1.96. The van der Waals surface area contributed by atoms with E-state index in [1.165, 1.54) is 11.1 Å². The molecule has 0 unspecified atom stereocenters. The second-order valence-corrected chi connectivity index (χ2v) is 5.12. The van der Waals surface area contributed by atoms with Crippen LogP contribution in [-0.2, 0) is 13.2 Å². The zero-order valence-corrected chi connectivity index (χ0v) is 12.5. The standard InChI is InChI=1S/C17H20ClNO/c1-2-11-19-12-14-5-3-4-6-15(14)13-20-17-9-7-16(18)8-10-17/h3-10,19H,2,11-13H2,1H3. The van der Waals surface area contributed by atoms with Gasteiger partial charge in [0.2, 0.25) is 0 Å². The Kier molecular flexibility index (Phi) is 5.90. The summed E-state index contributed by atoms with van der Waals surface area (Å²) in [4.78, 5) is 0. The Labute approximate surface area is 125 Å². The quantitative estimate of drug-likeness (QED) is 0.762. The summed E-state index contributed by atoms with van der Waals surface area (Å²) in [7, 11) is 0. The first-order valence-corrected chi connectivity index (χ1v) is 7.33. The van der Waals surface area contributed by atoms with E-state index >= 15 is 0 Å². The van der Waals surface area contributed by atoms with E-state index < -0.39 is 0 Å². The lowest BCUT2D eigenvalue weighted by Gasteiger charge is -2.11. The minimum atomic E-state index is 0.575. The zero-order chi connectivity index (χ0) is 14.2. The Hall–Kier alpha value is -1.51. The maximum absolute atomic E-state index is 5.86. The molecule has 0 fully saturated rings. The van der Waals surface area contributed by atoms with Crippen molar-refractivity contribution in [3.63, 3.8) is 0 Å². The smallest absolute Gasteiger partial charge is 0.119 e. The van der Waals surface area contributed by atoms with Gasteiger partial charge in [0.25, 0.3) is 0 Å². The van der Waals surface area contributed by atoms with Gasteiger partial charge in [-0.15, -0.1) is 0 Å². The highest BCUT2D eigenvalue weighted by molar-refractivity contribution is 6.30. The van der Waals surface area contributed by atoms with Crippen LogP contribution >= 0.6 is 11.6 Å². The van der Waals surface area contributed by atoms with E-state index in [0.29, 0.717) is 6.61 Å². The van der Waals surface area contributed by atoms with Gasteiger partial charge in [0.15, 0.2) is 0 Å². The van der Waals surface area contributed by atoms with Crippen LogP contribution in [-0.4, -0.2) is 6.54 Å². The Morgan fingerprint density at radius 2 is 1.70 bits per heavy atom. The zero-order valence-electron chi connectivity index (χ0n) is 11.7. The first-order chi connectivity index (χ1) is 9.79. The van der Waals surface area contributed by atoms with Crippen LogP contribution in [0.3, 0.4) is 0 Å². The van der Waals surface area contributed by atoms with Crippen molar-refractivity contribution in [1.82, 2.24) is 5.32 Å². The largest absolute Gasteiger partial charge is 0.489 e. The van der Waals surface area contributed by atoms with Gasteiger partial charge < -0.3 is 10.1 Å². The molecule has 2 aromatic rings. The molecule has 3 heteroatoms. The SMILES string of the molecule is CCCNCc1ccccc1COc1ccc(Cl)cc1. The Morgan fingerprint density at radius 1 is 1.00 bits per heavy atom. The van der Waals surface area contributed by atoms with Crippen LogP contribution in [0.15, 0.2) is 48.5 Å². The normalized spacial score (nSPS) is 10.5. The van der Waals surface area contributed by atoms with E-state index in [0.717, 1.165) is 30.3 Å². The average Bonchev–Trinajstić information content (AvgIpc) is 2.48. The van der Waals surface area contributed by atoms with Gasteiger partial charge in [-0.05, 0) is 48.4 Å². The highest BCUT2D eigenvalue weighted by Gasteiger charge is 2.02. The van der Waals surface area contributed by atoms with E-state index in [-0.39, 0.29) is 0 Å². The number of halogens is 1. The van der Waals surface area contributed by atoms with Crippen molar-refractivity contribution in [3.05, 3.63) is 64.7 Å². The third kappa shape index (κ3) is 4.55. The summed E-state index contributed by atoms with van der Waals surface area (Å²) in [6, 6.07) is 15.8. The van der Waals surface area contributed by atoms with Crippen molar-refractivity contribution in [3.8, 4) is 5.75 Å². The monoisotopic (exact) mass is 289 g/mol. The predicted octanol–water partition coefficient (Wildman–Crippen LogP) is 4.42. The summed E-state index contributed by atoms with van der Waals surface area (Å²) in [6.07, 6.45) is 1.14. The second kappa shape index (κ2) is 7.93. The molecule has 0 spiro atoms. The summed E-state index contributed by atoms with van der Waals surface area (Å²) in [5, 5.41) is 4.15. The first-order valence-electron chi connectivity index (χ1n) is 6.95. The molecule has 0 aliphatic carbocycles. The molecule has 0 saturated carbocycles. The van der Waals surface area contributed by atoms with E-state index in [1.807, 2.05) is 30.3 Å². The number of hydrogen-bond acceptors (Lipinski definition) is 2. The summed E-state index contributed by atoms with van der Waals surface area (Å²) in [6.45, 7) is 4.66. The molecule has 1 N–H and O–H groups in total. The average molecular weight is 290 g/mol. The molecule has 0 atom stereocenters. The molecule has 0 heterocycles. The fourth-order valence-corrected chi connectivity index (χ4v) is 2.09. The highest BCUT2D eigenvalue weighted by atomic mass is 35.5. The van der Waals surface area contributed by atoms with Gasteiger partial charge in [0, 0.05) is 11.6 Å². The molecule has 0 radical (unpaired) electrons. The van der Waals surface area contributed by atoms with Crippen molar-refractivity contribution >= 4 is 11.6 Å². The molecule has 2 aromatic carbocycles. The Bertz CT molecular complexity index is 525. The maximum atomic E-state index is 5.86. The molecular weight excluding hydrogens is 270 g/mol. The van der Waals surface area contributed by atoms with Gasteiger partial charge in [0.1, 0.15) is 12.4 Å². The maximum Gasteiger partial charge on any atom is 0.119 e. The summed E-state index contributed by atoms with van der Waals surface area (Å²) < 4.78 is 5.81. The number of nitrogens with one attached hydrogen (secondary N) is 1. The lowest BCUT2D eigenvalue weighted by atomic mass is 10.1. The molecule has 0 amide bonds. The van der Waals surface area contributed by atoms with Crippen LogP contribution in [0.5, 0.6) is 5.75 Å². The van der Waals surface area contributed by atoms with Crippen molar-refractivity contribution < 1.29 is 4.74 Å². The van der Waals surface area contributed by atoms with Crippen LogP contribution < -0.4 is 10.1 Å². The fraction of sp³-hybridized carbons (Fsp3) is 0.294. The molecule has 20 heavy (non-hydrogen) atoms. The minimum absolute atomic E-state index is 0.575. The molecule has 106 valence electrons. The van der Waals surface area contributed by atoms with Crippen molar-refractivity contribution in [2.75, 3.05) is 6.54 Å². The number of benzene rings is 2. The molecule has 0 aliphatic heterocycles. The van der Waals surface area contributed by atoms with Gasteiger partial charge in [-0.1, -0.05) is 42.8 Å². The van der Waals surface area contributed by atoms with Gasteiger partial charge in [-0.3, -0.25) is 0 Å². The summed E-state index contributed by atoms with van der Waals surface area (Å²) in [5.41, 5.74) is 2.50. The molecule has 0 bridgehead atoms. The summed E-state index contributed by atoms with van der Waals surface area (Å²) in [5.74, 6) is 0.839. The highest BCUT2D eigenvalue weighted by Crippen LogP contribution is 2.18. The molecular formula is C17H20ClNO. The van der Waals surface area contributed by atoms with Gasteiger partial charge in [-0.25, -0.2) is 0 Å². The number of hydrogen-bond donors (Lipinski definition) is 1. The fourth-order valence-electron chi connectivity index (χ4n) is 1.96. The number of ether oxygens (including phenoxy) is 1. The van der Waals surface area contributed by atoms with E-state index in [1.54, 1.807) is 0 Å². The van der Waals surface area contributed by atoms with E-state index in [2.05, 4.69) is 30.4 Å². The van der Waals surface area contributed by atoms with Crippen LogP contribution in [0.4, 0.5) is 0 Å². The lowest BCUT2D eigenvalue weighted by Crippen LogP contribution is -2.15. The first kappa shape index (κ1) is 14.9. The van der Waals surface area contributed by atoms with Crippen molar-refractivity contribution in [2.45, 2.75) is 26.5 Å². The predicted molar refractivity (Wildman–Crippen MR) is 84.2 cm³/mol. The van der Waals surface area contributed by atoms with Crippen LogP contribution in [0.25, 0.3) is 0 Å². The topological polar surface area (TPSA) is 21.3 Å². The van der Waals surface area contributed by atoms with Crippen LogP contribution in [0.1, 0.15) is 24.5 Å². The molecule has 2 nitrogen and oxygen atoms in total. The van der Waals surface area contributed by atoms with Gasteiger partial charge >= 0.3 is 0 Å². The minimum Gasteiger partial charge on any atom is -0.489 e. The van der Waals surface area contributed by atoms with E-state index in [9.17, 15) is 0 Å². The third-order valence-corrected chi connectivity index (χ3v) is 3.32. The van der Waals surface area contributed by atoms with Crippen molar-refractivity contribution in [1.29, 1.82) is 0 Å². The molecule has 0 aromatic heterocycles. The number of rotatable bonds is 7. The second-order valence-electron chi connectivity index (χ2n) is 4.69. The van der Waals surface area contributed by atoms with Crippen LogP contribution in [0, 0.1) is 0 Å². The Morgan fingerprint density at radius 3 is 2.40 bits per heavy atom. The van der Waals surface area contributed by atoms with E-state index in [4.69, 9.17) is 16.3 Å². The summed E-state index contributed by atoms with van der Waals surface area (Å²) >= 11 is 5.86. The lowest BCUT2D eigenvalue weighted by molar-refractivity contribution is 0.304. The van der Waals surface area contributed by atoms with Gasteiger partial charge in [0.05, 0.1) is 0 Å².